The predicted octanol–water partition coefficient (Wildman–Crippen LogP) is 5.46. The lowest BCUT2D eigenvalue weighted by Gasteiger charge is -2.15. The summed E-state index contributed by atoms with van der Waals surface area (Å²) >= 11 is 7.04. The number of halogens is 3. The van der Waals surface area contributed by atoms with E-state index in [0.29, 0.717) is 21.6 Å². The number of thiazole rings is 1. The molecule has 3 aromatic rings. The Balaban J connectivity index is 1.68. The summed E-state index contributed by atoms with van der Waals surface area (Å²) < 4.78 is 32.5. The summed E-state index contributed by atoms with van der Waals surface area (Å²) in [5.74, 6) is -1.23. The van der Waals surface area contributed by atoms with E-state index in [1.54, 1.807) is 30.5 Å². The van der Waals surface area contributed by atoms with Gasteiger partial charge in [-0.2, -0.15) is 0 Å². The van der Waals surface area contributed by atoms with Gasteiger partial charge in [0.1, 0.15) is 17.4 Å². The molecule has 27 heavy (non-hydrogen) atoms. The Morgan fingerprint density at radius 1 is 1.26 bits per heavy atom. The molecular formula is C19H15ClF2N2O2S. The zero-order valence-electron chi connectivity index (χ0n) is 14.4. The Hall–Kier alpha value is -2.51. The van der Waals surface area contributed by atoms with Crippen molar-refractivity contribution in [2.45, 2.75) is 20.0 Å². The molecule has 8 heteroatoms. The van der Waals surface area contributed by atoms with E-state index in [-0.39, 0.29) is 5.56 Å². The molecule has 0 aliphatic rings. The summed E-state index contributed by atoms with van der Waals surface area (Å²) in [5, 5.41) is 5.10. The third-order valence-electron chi connectivity index (χ3n) is 3.75. The van der Waals surface area contributed by atoms with Crippen LogP contribution in [-0.4, -0.2) is 17.0 Å². The molecule has 2 aromatic carbocycles. The molecule has 140 valence electrons. The van der Waals surface area contributed by atoms with Crippen LogP contribution in [0.2, 0.25) is 5.02 Å². The standard InChI is InChI=1S/C19H15ClF2N2O2S/c1-10-7-12(20)3-6-17(10)26-11(2)18(25)24-19-23-16(9-27-19)14-5-4-13(21)8-15(14)22/h3-9,11H,1-2H3,(H,23,24,25). The lowest BCUT2D eigenvalue weighted by molar-refractivity contribution is -0.122. The van der Waals surface area contributed by atoms with E-state index >= 15 is 0 Å². The van der Waals surface area contributed by atoms with Gasteiger partial charge in [-0.1, -0.05) is 11.6 Å². The van der Waals surface area contributed by atoms with Gasteiger partial charge < -0.3 is 4.74 Å². The van der Waals surface area contributed by atoms with E-state index < -0.39 is 23.6 Å². The van der Waals surface area contributed by atoms with Crippen LogP contribution in [0.1, 0.15) is 12.5 Å². The fourth-order valence-electron chi connectivity index (χ4n) is 2.35. The summed E-state index contributed by atoms with van der Waals surface area (Å²) in [6.45, 7) is 3.44. The first kappa shape index (κ1) is 19.3. The number of aryl methyl sites for hydroxylation is 1. The van der Waals surface area contributed by atoms with Crippen molar-refractivity contribution >= 4 is 34.0 Å². The van der Waals surface area contributed by atoms with Crippen LogP contribution in [0.5, 0.6) is 5.75 Å². The van der Waals surface area contributed by atoms with E-state index in [1.165, 1.54) is 6.07 Å². The van der Waals surface area contributed by atoms with Crippen molar-refractivity contribution in [3.05, 3.63) is 64.0 Å². The molecule has 0 aliphatic heterocycles. The van der Waals surface area contributed by atoms with Gasteiger partial charge in [-0.25, -0.2) is 13.8 Å². The zero-order valence-corrected chi connectivity index (χ0v) is 16.0. The van der Waals surface area contributed by atoms with E-state index in [4.69, 9.17) is 16.3 Å². The molecule has 1 heterocycles. The van der Waals surface area contributed by atoms with E-state index in [0.717, 1.165) is 29.0 Å². The summed E-state index contributed by atoms with van der Waals surface area (Å²) in [6.07, 6.45) is -0.778. The van der Waals surface area contributed by atoms with Gasteiger partial charge in [0.05, 0.1) is 5.69 Å². The number of anilines is 1. The third kappa shape index (κ3) is 4.61. The SMILES string of the molecule is Cc1cc(Cl)ccc1OC(C)C(=O)Nc1nc(-c2ccc(F)cc2F)cs1. The lowest BCUT2D eigenvalue weighted by atomic mass is 10.1. The number of hydrogen-bond donors (Lipinski definition) is 1. The van der Waals surface area contributed by atoms with Crippen LogP contribution in [0.3, 0.4) is 0 Å². The Kier molecular flexibility index (Phi) is 5.72. The van der Waals surface area contributed by atoms with Crippen LogP contribution in [0, 0.1) is 18.6 Å². The highest BCUT2D eigenvalue weighted by Crippen LogP contribution is 2.28. The normalized spacial score (nSPS) is 11.9. The molecule has 0 bridgehead atoms. The van der Waals surface area contributed by atoms with Crippen LogP contribution >= 0.6 is 22.9 Å². The molecule has 1 N–H and O–H groups in total. The van der Waals surface area contributed by atoms with Crippen LogP contribution in [-0.2, 0) is 4.79 Å². The average molecular weight is 409 g/mol. The van der Waals surface area contributed by atoms with Crippen molar-refractivity contribution in [3.63, 3.8) is 0 Å². The van der Waals surface area contributed by atoms with Crippen molar-refractivity contribution in [3.8, 4) is 17.0 Å². The van der Waals surface area contributed by atoms with Crippen LogP contribution in [0.25, 0.3) is 11.3 Å². The fourth-order valence-corrected chi connectivity index (χ4v) is 3.29. The Labute approximate surface area is 163 Å². The minimum absolute atomic E-state index is 0.161. The molecule has 0 saturated heterocycles. The first-order valence-corrected chi connectivity index (χ1v) is 9.24. The molecule has 3 rings (SSSR count). The Morgan fingerprint density at radius 3 is 2.74 bits per heavy atom. The summed E-state index contributed by atoms with van der Waals surface area (Å²) in [4.78, 5) is 16.5. The van der Waals surface area contributed by atoms with Gasteiger partial charge in [0.25, 0.3) is 5.91 Å². The maximum atomic E-state index is 13.9. The van der Waals surface area contributed by atoms with Crippen molar-refractivity contribution in [1.82, 2.24) is 4.98 Å². The highest BCUT2D eigenvalue weighted by atomic mass is 35.5. The molecule has 1 aromatic heterocycles. The van der Waals surface area contributed by atoms with Gasteiger partial charge in [-0.15, -0.1) is 11.3 Å². The number of nitrogens with zero attached hydrogens (tertiary/aromatic N) is 1. The van der Waals surface area contributed by atoms with Gasteiger partial charge in [-0.05, 0) is 49.7 Å². The fraction of sp³-hybridized carbons (Fsp3) is 0.158. The molecule has 0 saturated carbocycles. The Morgan fingerprint density at radius 2 is 2.04 bits per heavy atom. The first-order valence-electron chi connectivity index (χ1n) is 7.98. The summed E-state index contributed by atoms with van der Waals surface area (Å²) in [6, 6.07) is 8.36. The van der Waals surface area contributed by atoms with Crippen molar-refractivity contribution in [2.24, 2.45) is 0 Å². The minimum atomic E-state index is -0.778. The van der Waals surface area contributed by atoms with Gasteiger partial charge >= 0.3 is 0 Å². The van der Waals surface area contributed by atoms with Gasteiger partial charge in [0.2, 0.25) is 0 Å². The van der Waals surface area contributed by atoms with Gasteiger partial charge in [0, 0.05) is 22.0 Å². The molecule has 0 radical (unpaired) electrons. The number of amides is 1. The average Bonchev–Trinajstić information content (AvgIpc) is 3.05. The summed E-state index contributed by atoms with van der Waals surface area (Å²) in [5.41, 5.74) is 1.29. The smallest absolute Gasteiger partial charge is 0.266 e. The number of aromatic nitrogens is 1. The maximum Gasteiger partial charge on any atom is 0.266 e. The highest BCUT2D eigenvalue weighted by Gasteiger charge is 2.18. The molecule has 0 spiro atoms. The number of carbonyl (C=O) groups excluding carboxylic acids is 1. The molecule has 4 nitrogen and oxygen atoms in total. The molecule has 1 atom stereocenters. The number of hydrogen-bond acceptors (Lipinski definition) is 4. The van der Waals surface area contributed by atoms with Crippen molar-refractivity contribution < 1.29 is 18.3 Å². The van der Waals surface area contributed by atoms with E-state index in [9.17, 15) is 13.6 Å². The number of benzene rings is 2. The number of ether oxygens (including phenoxy) is 1. The van der Waals surface area contributed by atoms with Crippen LogP contribution < -0.4 is 10.1 Å². The first-order chi connectivity index (χ1) is 12.8. The van der Waals surface area contributed by atoms with Crippen LogP contribution in [0.15, 0.2) is 41.8 Å². The van der Waals surface area contributed by atoms with Crippen molar-refractivity contribution in [2.75, 3.05) is 5.32 Å². The van der Waals surface area contributed by atoms with Crippen LogP contribution in [0.4, 0.5) is 13.9 Å². The lowest BCUT2D eigenvalue weighted by Crippen LogP contribution is -2.30. The van der Waals surface area contributed by atoms with E-state index in [1.807, 2.05) is 6.92 Å². The van der Waals surface area contributed by atoms with Gasteiger partial charge in [0.15, 0.2) is 11.2 Å². The minimum Gasteiger partial charge on any atom is -0.481 e. The summed E-state index contributed by atoms with van der Waals surface area (Å²) in [7, 11) is 0. The quantitative estimate of drug-likeness (QED) is 0.610. The molecule has 1 amide bonds. The molecule has 0 aliphatic carbocycles. The second-order valence-electron chi connectivity index (χ2n) is 5.82. The monoisotopic (exact) mass is 408 g/mol. The predicted molar refractivity (Wildman–Crippen MR) is 102 cm³/mol. The maximum absolute atomic E-state index is 13.9. The second kappa shape index (κ2) is 8.02. The molecule has 1 unspecified atom stereocenters. The Bertz CT molecular complexity index is 994. The second-order valence-corrected chi connectivity index (χ2v) is 7.12. The largest absolute Gasteiger partial charge is 0.481 e. The third-order valence-corrected chi connectivity index (χ3v) is 4.74. The van der Waals surface area contributed by atoms with Gasteiger partial charge in [-0.3, -0.25) is 10.1 Å². The number of nitrogens with one attached hydrogen (secondary N) is 1. The topological polar surface area (TPSA) is 51.2 Å². The van der Waals surface area contributed by atoms with Crippen molar-refractivity contribution in [1.29, 1.82) is 0 Å². The zero-order chi connectivity index (χ0) is 19.6. The highest BCUT2D eigenvalue weighted by molar-refractivity contribution is 7.14. The molecule has 0 fully saturated rings. The molecular weight excluding hydrogens is 394 g/mol. The van der Waals surface area contributed by atoms with E-state index in [2.05, 4.69) is 10.3 Å². The number of carbonyl (C=O) groups is 1. The number of rotatable bonds is 5.